The zero-order valence-electron chi connectivity index (χ0n) is 7.80. The van der Waals surface area contributed by atoms with E-state index in [1.807, 2.05) is 6.92 Å². The van der Waals surface area contributed by atoms with Crippen molar-refractivity contribution in [3.8, 4) is 0 Å². The van der Waals surface area contributed by atoms with Gasteiger partial charge in [-0.1, -0.05) is 0 Å². The molecule has 0 radical (unpaired) electrons. The monoisotopic (exact) mass is 257 g/mol. The van der Waals surface area contributed by atoms with Crippen molar-refractivity contribution in [2.24, 2.45) is 0 Å². The van der Waals surface area contributed by atoms with Crippen molar-refractivity contribution in [2.45, 2.75) is 6.92 Å². The molecule has 0 aromatic heterocycles. The molecule has 0 atom stereocenters. The second kappa shape index (κ2) is 4.85. The number of halogens is 1. The number of carbonyl (C=O) groups is 1. The summed E-state index contributed by atoms with van der Waals surface area (Å²) < 4.78 is 0.818. The Morgan fingerprint density at radius 2 is 2.29 bits per heavy atom. The highest BCUT2D eigenvalue weighted by molar-refractivity contribution is 9.10. The van der Waals surface area contributed by atoms with Crippen molar-refractivity contribution >= 4 is 33.3 Å². The maximum Gasteiger partial charge on any atom is 0.319 e. The van der Waals surface area contributed by atoms with E-state index in [1.165, 1.54) is 0 Å². The topological polar surface area (TPSA) is 67.2 Å². The molecule has 0 unspecified atom stereocenters. The zero-order valence-corrected chi connectivity index (χ0v) is 9.39. The molecule has 5 heteroatoms. The molecule has 4 nitrogen and oxygen atoms in total. The van der Waals surface area contributed by atoms with Crippen molar-refractivity contribution in [3.05, 3.63) is 22.7 Å². The number of amides is 2. The third kappa shape index (κ3) is 2.92. The molecule has 0 saturated heterocycles. The average molecular weight is 258 g/mol. The molecule has 1 aromatic rings. The SMILES string of the molecule is CCNC(=O)Nc1ccc(Br)c(N)c1. The van der Waals surface area contributed by atoms with E-state index in [-0.39, 0.29) is 6.03 Å². The second-order valence-corrected chi connectivity index (χ2v) is 3.58. The van der Waals surface area contributed by atoms with Gasteiger partial charge in [-0.2, -0.15) is 0 Å². The van der Waals surface area contributed by atoms with Crippen molar-refractivity contribution < 1.29 is 4.79 Å². The lowest BCUT2D eigenvalue weighted by Crippen LogP contribution is -2.28. The minimum atomic E-state index is -0.228. The van der Waals surface area contributed by atoms with Crippen LogP contribution in [0, 0.1) is 0 Å². The molecule has 0 fully saturated rings. The summed E-state index contributed by atoms with van der Waals surface area (Å²) in [4.78, 5) is 11.1. The van der Waals surface area contributed by atoms with Gasteiger partial charge >= 0.3 is 6.03 Å². The largest absolute Gasteiger partial charge is 0.398 e. The van der Waals surface area contributed by atoms with Gasteiger partial charge in [0.1, 0.15) is 0 Å². The zero-order chi connectivity index (χ0) is 10.6. The number of rotatable bonds is 2. The van der Waals surface area contributed by atoms with Crippen LogP contribution in [-0.4, -0.2) is 12.6 Å². The molecule has 0 aliphatic rings. The summed E-state index contributed by atoms with van der Waals surface area (Å²) in [6.45, 7) is 2.45. The second-order valence-electron chi connectivity index (χ2n) is 2.72. The first-order valence-corrected chi connectivity index (χ1v) is 5.02. The number of nitrogens with one attached hydrogen (secondary N) is 2. The van der Waals surface area contributed by atoms with Crippen LogP contribution in [0.15, 0.2) is 22.7 Å². The summed E-state index contributed by atoms with van der Waals surface area (Å²) in [5.41, 5.74) is 6.93. The Labute approximate surface area is 91.0 Å². The Balaban J connectivity index is 2.68. The lowest BCUT2D eigenvalue weighted by Gasteiger charge is -2.06. The van der Waals surface area contributed by atoms with Gasteiger partial charge in [-0.05, 0) is 41.1 Å². The molecule has 0 spiro atoms. The highest BCUT2D eigenvalue weighted by atomic mass is 79.9. The molecule has 0 heterocycles. The number of benzene rings is 1. The average Bonchev–Trinajstić information content (AvgIpc) is 2.12. The Hall–Kier alpha value is -1.23. The summed E-state index contributed by atoms with van der Waals surface area (Å²) in [6.07, 6.45) is 0. The van der Waals surface area contributed by atoms with E-state index in [9.17, 15) is 4.79 Å². The number of urea groups is 1. The van der Waals surface area contributed by atoms with Gasteiger partial charge in [0.05, 0.1) is 0 Å². The summed E-state index contributed by atoms with van der Waals surface area (Å²) in [5, 5.41) is 5.29. The summed E-state index contributed by atoms with van der Waals surface area (Å²) in [7, 11) is 0. The van der Waals surface area contributed by atoms with Gasteiger partial charge in [-0.3, -0.25) is 0 Å². The molecule has 0 aliphatic carbocycles. The number of hydrogen-bond acceptors (Lipinski definition) is 2. The van der Waals surface area contributed by atoms with Gasteiger partial charge in [-0.25, -0.2) is 4.79 Å². The van der Waals surface area contributed by atoms with Gasteiger partial charge in [0.2, 0.25) is 0 Å². The minimum absolute atomic E-state index is 0.228. The summed E-state index contributed by atoms with van der Waals surface area (Å²) in [6, 6.07) is 5.03. The smallest absolute Gasteiger partial charge is 0.319 e. The molecule has 14 heavy (non-hydrogen) atoms. The predicted octanol–water partition coefficient (Wildman–Crippen LogP) is 2.17. The van der Waals surface area contributed by atoms with Crippen LogP contribution in [0.2, 0.25) is 0 Å². The maximum absolute atomic E-state index is 11.1. The highest BCUT2D eigenvalue weighted by Crippen LogP contribution is 2.22. The van der Waals surface area contributed by atoms with Gasteiger partial charge in [-0.15, -0.1) is 0 Å². The van der Waals surface area contributed by atoms with E-state index in [0.29, 0.717) is 17.9 Å². The van der Waals surface area contributed by atoms with Crippen LogP contribution in [0.1, 0.15) is 6.92 Å². The predicted molar refractivity (Wildman–Crippen MR) is 61.2 cm³/mol. The maximum atomic E-state index is 11.1. The lowest BCUT2D eigenvalue weighted by molar-refractivity contribution is 0.252. The number of hydrogen-bond donors (Lipinski definition) is 3. The van der Waals surface area contributed by atoms with E-state index >= 15 is 0 Å². The third-order valence-electron chi connectivity index (χ3n) is 1.59. The van der Waals surface area contributed by atoms with Crippen LogP contribution in [0.4, 0.5) is 16.2 Å². The van der Waals surface area contributed by atoms with Crippen LogP contribution in [0.5, 0.6) is 0 Å². The van der Waals surface area contributed by atoms with Crippen LogP contribution in [0.25, 0.3) is 0 Å². The third-order valence-corrected chi connectivity index (χ3v) is 2.31. The Kier molecular flexibility index (Phi) is 3.76. The molecule has 4 N–H and O–H groups in total. The van der Waals surface area contributed by atoms with E-state index in [4.69, 9.17) is 5.73 Å². The molecule has 0 aliphatic heterocycles. The summed E-state index contributed by atoms with van der Waals surface area (Å²) in [5.74, 6) is 0. The number of anilines is 2. The standard InChI is InChI=1S/C9H12BrN3O/c1-2-12-9(14)13-6-3-4-7(10)8(11)5-6/h3-5H,2,11H2,1H3,(H2,12,13,14). The molecule has 0 saturated carbocycles. The fourth-order valence-corrected chi connectivity index (χ4v) is 1.20. The van der Waals surface area contributed by atoms with Gasteiger partial charge < -0.3 is 16.4 Å². The van der Waals surface area contributed by atoms with Gasteiger partial charge in [0, 0.05) is 22.4 Å². The van der Waals surface area contributed by atoms with E-state index in [0.717, 1.165) is 4.47 Å². The highest BCUT2D eigenvalue weighted by Gasteiger charge is 2.01. The van der Waals surface area contributed by atoms with Gasteiger partial charge in [0.15, 0.2) is 0 Å². The molecule has 1 aromatic carbocycles. The van der Waals surface area contributed by atoms with E-state index in [2.05, 4.69) is 26.6 Å². The van der Waals surface area contributed by atoms with Crippen LogP contribution in [0.3, 0.4) is 0 Å². The van der Waals surface area contributed by atoms with E-state index in [1.54, 1.807) is 18.2 Å². The first-order valence-electron chi connectivity index (χ1n) is 4.23. The van der Waals surface area contributed by atoms with Crippen molar-refractivity contribution in [1.82, 2.24) is 5.32 Å². The summed E-state index contributed by atoms with van der Waals surface area (Å²) >= 11 is 3.27. The van der Waals surface area contributed by atoms with E-state index < -0.39 is 0 Å². The molecular formula is C9H12BrN3O. The molecule has 1 rings (SSSR count). The Morgan fingerprint density at radius 1 is 1.57 bits per heavy atom. The first-order chi connectivity index (χ1) is 6.63. The lowest BCUT2D eigenvalue weighted by atomic mass is 10.3. The molecule has 2 amide bonds. The molecule has 76 valence electrons. The minimum Gasteiger partial charge on any atom is -0.398 e. The fourth-order valence-electron chi connectivity index (χ4n) is 0.957. The first kappa shape index (κ1) is 10.8. The normalized spacial score (nSPS) is 9.57. The Morgan fingerprint density at radius 3 is 2.86 bits per heavy atom. The number of carbonyl (C=O) groups excluding carboxylic acids is 1. The molecular weight excluding hydrogens is 246 g/mol. The number of nitrogens with two attached hydrogens (primary N) is 1. The van der Waals surface area contributed by atoms with Crippen molar-refractivity contribution in [3.63, 3.8) is 0 Å². The van der Waals surface area contributed by atoms with Crippen LogP contribution >= 0.6 is 15.9 Å². The van der Waals surface area contributed by atoms with Crippen molar-refractivity contribution in [2.75, 3.05) is 17.6 Å². The molecule has 0 bridgehead atoms. The Bertz CT molecular complexity index is 341. The fraction of sp³-hybridized carbons (Fsp3) is 0.222. The van der Waals surface area contributed by atoms with Crippen molar-refractivity contribution in [1.29, 1.82) is 0 Å². The quantitative estimate of drug-likeness (QED) is 0.711. The number of nitrogen functional groups attached to an aromatic ring is 1. The van der Waals surface area contributed by atoms with Gasteiger partial charge in [0.25, 0.3) is 0 Å². The van der Waals surface area contributed by atoms with Crippen LogP contribution in [-0.2, 0) is 0 Å². The van der Waals surface area contributed by atoms with Crippen LogP contribution < -0.4 is 16.4 Å².